The summed E-state index contributed by atoms with van der Waals surface area (Å²) in [6.07, 6.45) is 2.54. The Labute approximate surface area is 145 Å². The van der Waals surface area contributed by atoms with Gasteiger partial charge in [-0.05, 0) is 24.7 Å². The molecule has 7 nitrogen and oxygen atoms in total. The zero-order valence-corrected chi connectivity index (χ0v) is 14.1. The van der Waals surface area contributed by atoms with Gasteiger partial charge in [0.15, 0.2) is 5.69 Å². The van der Waals surface area contributed by atoms with E-state index in [2.05, 4.69) is 15.4 Å². The Balaban J connectivity index is 1.46. The number of hydrogen-bond donors (Lipinski definition) is 1. The van der Waals surface area contributed by atoms with Gasteiger partial charge in [0, 0.05) is 18.7 Å². The fourth-order valence-corrected chi connectivity index (χ4v) is 3.86. The van der Waals surface area contributed by atoms with E-state index in [9.17, 15) is 9.59 Å². The van der Waals surface area contributed by atoms with E-state index in [4.69, 9.17) is 4.74 Å². The average Bonchev–Trinajstić information content (AvgIpc) is 3.14. The van der Waals surface area contributed by atoms with Gasteiger partial charge in [-0.25, -0.2) is 0 Å². The van der Waals surface area contributed by atoms with Gasteiger partial charge in [-0.3, -0.25) is 9.59 Å². The summed E-state index contributed by atoms with van der Waals surface area (Å²) < 4.78 is 4.86. The van der Waals surface area contributed by atoms with E-state index >= 15 is 0 Å². The first-order valence-electron chi connectivity index (χ1n) is 8.48. The van der Waals surface area contributed by atoms with Gasteiger partial charge in [-0.15, -0.1) is 0 Å². The van der Waals surface area contributed by atoms with E-state index in [1.54, 1.807) is 0 Å². The predicted molar refractivity (Wildman–Crippen MR) is 89.5 cm³/mol. The molecule has 1 aromatic heterocycles. The Morgan fingerprint density at radius 3 is 2.60 bits per heavy atom. The normalized spacial score (nSPS) is 21.2. The van der Waals surface area contributed by atoms with Crippen molar-refractivity contribution in [2.75, 3.05) is 20.2 Å². The minimum atomic E-state index is -0.123. The first kappa shape index (κ1) is 15.8. The quantitative estimate of drug-likeness (QED) is 0.862. The van der Waals surface area contributed by atoms with Crippen molar-refractivity contribution in [1.29, 1.82) is 0 Å². The number of esters is 1. The first-order valence-corrected chi connectivity index (χ1v) is 8.48. The number of carbonyl (C=O) groups excluding carboxylic acids is 2. The van der Waals surface area contributed by atoms with Crippen molar-refractivity contribution >= 4 is 11.9 Å². The largest absolute Gasteiger partial charge is 0.469 e. The molecule has 1 spiro atoms. The summed E-state index contributed by atoms with van der Waals surface area (Å²) in [6.45, 7) is 1.26. The van der Waals surface area contributed by atoms with E-state index in [1.165, 1.54) is 7.11 Å². The molecular formula is C18H20N4O3. The van der Waals surface area contributed by atoms with Gasteiger partial charge in [0.25, 0.3) is 5.91 Å². The zero-order valence-electron chi connectivity index (χ0n) is 14.1. The van der Waals surface area contributed by atoms with E-state index in [1.807, 2.05) is 35.2 Å². The topological polar surface area (TPSA) is 88.2 Å². The third-order valence-corrected chi connectivity index (χ3v) is 5.52. The van der Waals surface area contributed by atoms with Crippen molar-refractivity contribution in [3.05, 3.63) is 36.0 Å². The number of methoxy groups -OCH3 is 1. The van der Waals surface area contributed by atoms with Gasteiger partial charge in [-0.1, -0.05) is 30.3 Å². The number of aromatic amines is 1. The van der Waals surface area contributed by atoms with Crippen LogP contribution >= 0.6 is 0 Å². The Hall–Kier alpha value is -2.70. The molecule has 4 rings (SSSR count). The zero-order chi connectivity index (χ0) is 17.4. The van der Waals surface area contributed by atoms with Crippen LogP contribution in [0.4, 0.5) is 0 Å². The molecule has 0 unspecified atom stereocenters. The average molecular weight is 340 g/mol. The fourth-order valence-electron chi connectivity index (χ4n) is 3.86. The predicted octanol–water partition coefficient (Wildman–Crippen LogP) is 1.89. The van der Waals surface area contributed by atoms with Crippen LogP contribution in [0, 0.1) is 11.3 Å². The number of aromatic nitrogens is 3. The maximum atomic E-state index is 12.9. The number of rotatable bonds is 3. The highest BCUT2D eigenvalue weighted by Crippen LogP contribution is 2.59. The number of amides is 1. The number of ether oxygens (including phenoxy) is 1. The van der Waals surface area contributed by atoms with Crippen LogP contribution in [-0.2, 0) is 9.53 Å². The number of carbonyl (C=O) groups is 2. The molecule has 7 heteroatoms. The standard InChI is InChI=1S/C18H20N4O3/c1-25-17(24)13-11-18(13)7-9-22(10-8-18)16(23)15-14(19-21-20-15)12-5-3-2-4-6-12/h2-6,13H,7-11H2,1H3,(H,19,20,21)/t13-/m0/s1. The number of H-pyrrole nitrogens is 1. The lowest BCUT2D eigenvalue weighted by molar-refractivity contribution is -0.143. The summed E-state index contributed by atoms with van der Waals surface area (Å²) in [6, 6.07) is 9.55. The second-order valence-electron chi connectivity index (χ2n) is 6.82. The van der Waals surface area contributed by atoms with Crippen molar-refractivity contribution in [3.63, 3.8) is 0 Å². The third-order valence-electron chi connectivity index (χ3n) is 5.52. The highest BCUT2D eigenvalue weighted by Gasteiger charge is 2.59. The molecule has 1 amide bonds. The maximum Gasteiger partial charge on any atom is 0.309 e. The van der Waals surface area contributed by atoms with Crippen LogP contribution in [0.15, 0.2) is 30.3 Å². The van der Waals surface area contributed by atoms with Gasteiger partial charge in [0.05, 0.1) is 13.0 Å². The molecule has 1 atom stereocenters. The number of nitrogens with zero attached hydrogens (tertiary/aromatic N) is 3. The minimum absolute atomic E-state index is 0.00156. The van der Waals surface area contributed by atoms with E-state index in [0.29, 0.717) is 24.5 Å². The monoisotopic (exact) mass is 340 g/mol. The van der Waals surface area contributed by atoms with Crippen LogP contribution in [0.1, 0.15) is 29.8 Å². The van der Waals surface area contributed by atoms with E-state index in [0.717, 1.165) is 24.8 Å². The summed E-state index contributed by atoms with van der Waals surface area (Å²) in [7, 11) is 1.43. The highest BCUT2D eigenvalue weighted by molar-refractivity contribution is 5.98. The van der Waals surface area contributed by atoms with Crippen molar-refractivity contribution in [2.45, 2.75) is 19.3 Å². The van der Waals surface area contributed by atoms with Crippen LogP contribution in [0.25, 0.3) is 11.3 Å². The molecule has 2 fully saturated rings. The van der Waals surface area contributed by atoms with Gasteiger partial charge in [0.2, 0.25) is 0 Å². The second kappa shape index (κ2) is 5.98. The van der Waals surface area contributed by atoms with Crippen LogP contribution in [0.5, 0.6) is 0 Å². The summed E-state index contributed by atoms with van der Waals surface area (Å²) in [5.41, 5.74) is 1.82. The number of hydrogen-bond acceptors (Lipinski definition) is 5. The molecule has 0 bridgehead atoms. The van der Waals surface area contributed by atoms with Gasteiger partial charge in [0.1, 0.15) is 5.69 Å². The van der Waals surface area contributed by atoms with Crippen LogP contribution in [0.2, 0.25) is 0 Å². The Kier molecular flexibility index (Phi) is 3.78. The smallest absolute Gasteiger partial charge is 0.309 e. The summed E-state index contributed by atoms with van der Waals surface area (Å²) in [4.78, 5) is 26.4. The van der Waals surface area contributed by atoms with Crippen LogP contribution in [0.3, 0.4) is 0 Å². The van der Waals surface area contributed by atoms with Gasteiger partial charge < -0.3 is 9.64 Å². The highest BCUT2D eigenvalue weighted by atomic mass is 16.5. The molecule has 2 heterocycles. The number of benzene rings is 1. The van der Waals surface area contributed by atoms with Crippen molar-refractivity contribution in [2.24, 2.45) is 11.3 Å². The Bertz CT molecular complexity index is 794. The van der Waals surface area contributed by atoms with E-state index in [-0.39, 0.29) is 23.2 Å². The molecule has 25 heavy (non-hydrogen) atoms. The summed E-state index contributed by atoms with van der Waals surface area (Å²) in [5.74, 6) is -0.234. The SMILES string of the molecule is COC(=O)[C@@H]1CC12CCN(C(=O)c1n[nH]nc1-c1ccccc1)CC2. The Morgan fingerprint density at radius 1 is 1.20 bits per heavy atom. The molecular weight excluding hydrogens is 320 g/mol. The molecule has 130 valence electrons. The third kappa shape index (κ3) is 2.69. The van der Waals surface area contributed by atoms with Gasteiger partial charge in [-0.2, -0.15) is 15.4 Å². The molecule has 2 aromatic rings. The fraction of sp³-hybridized carbons (Fsp3) is 0.444. The molecule has 1 aliphatic heterocycles. The maximum absolute atomic E-state index is 12.9. The Morgan fingerprint density at radius 2 is 1.92 bits per heavy atom. The van der Waals surface area contributed by atoms with Crippen LogP contribution in [-0.4, -0.2) is 52.4 Å². The van der Waals surface area contributed by atoms with Crippen LogP contribution < -0.4 is 0 Å². The molecule has 1 saturated heterocycles. The molecule has 1 aromatic carbocycles. The molecule has 1 aliphatic carbocycles. The molecule has 2 aliphatic rings. The summed E-state index contributed by atoms with van der Waals surface area (Å²) >= 11 is 0. The number of piperidine rings is 1. The van der Waals surface area contributed by atoms with Gasteiger partial charge >= 0.3 is 5.97 Å². The lowest BCUT2D eigenvalue weighted by Crippen LogP contribution is -2.40. The molecule has 1 saturated carbocycles. The van der Waals surface area contributed by atoms with E-state index < -0.39 is 0 Å². The molecule has 0 radical (unpaired) electrons. The lowest BCUT2D eigenvalue weighted by atomic mass is 9.90. The summed E-state index contributed by atoms with van der Waals surface area (Å²) in [5, 5.41) is 10.8. The number of nitrogens with one attached hydrogen (secondary N) is 1. The molecule has 1 N–H and O–H groups in total. The number of likely N-dealkylation sites (tertiary alicyclic amines) is 1. The first-order chi connectivity index (χ1) is 12.1. The van der Waals surface area contributed by atoms with Crippen molar-refractivity contribution in [1.82, 2.24) is 20.3 Å². The van der Waals surface area contributed by atoms with Crippen molar-refractivity contribution in [3.8, 4) is 11.3 Å². The minimum Gasteiger partial charge on any atom is -0.469 e. The van der Waals surface area contributed by atoms with Crippen molar-refractivity contribution < 1.29 is 14.3 Å². The lowest BCUT2D eigenvalue weighted by Gasteiger charge is -2.32. The second-order valence-corrected chi connectivity index (χ2v) is 6.82.